The molecule has 3 heteroatoms. The van der Waals surface area contributed by atoms with Crippen LogP contribution in [0.15, 0.2) is 200 Å². The predicted molar refractivity (Wildman–Crippen MR) is 254 cm³/mol. The van der Waals surface area contributed by atoms with Gasteiger partial charge in [-0.15, -0.1) is 0 Å². The molecule has 0 bridgehead atoms. The Morgan fingerprint density at radius 2 is 0.333 bits per heavy atom. The fraction of sp³-hybridized carbons (Fsp3) is 0. The molecular formula is C57H33N3. The van der Waals surface area contributed by atoms with E-state index in [0.29, 0.717) is 17.5 Å². The lowest BCUT2D eigenvalue weighted by Gasteiger charge is -2.14. The van der Waals surface area contributed by atoms with E-state index in [4.69, 9.17) is 15.0 Å². The van der Waals surface area contributed by atoms with Crippen LogP contribution in [-0.2, 0) is 0 Å². The molecule has 0 saturated heterocycles. The molecule has 0 aliphatic heterocycles. The average molecular weight is 760 g/mol. The van der Waals surface area contributed by atoms with E-state index in [1.54, 1.807) is 0 Å². The van der Waals surface area contributed by atoms with Crippen LogP contribution >= 0.6 is 0 Å². The van der Waals surface area contributed by atoms with Gasteiger partial charge in [0.15, 0.2) is 17.5 Å². The Balaban J connectivity index is 1.08. The maximum Gasteiger partial charge on any atom is 0.164 e. The highest BCUT2D eigenvalue weighted by Crippen LogP contribution is 2.41. The van der Waals surface area contributed by atoms with Crippen LogP contribution in [0.1, 0.15) is 0 Å². The summed E-state index contributed by atoms with van der Waals surface area (Å²) in [7, 11) is 0. The zero-order valence-electron chi connectivity index (χ0n) is 32.4. The minimum absolute atomic E-state index is 0.640. The van der Waals surface area contributed by atoms with Crippen molar-refractivity contribution in [2.24, 2.45) is 0 Å². The van der Waals surface area contributed by atoms with Gasteiger partial charge in [-0.2, -0.15) is 0 Å². The zero-order chi connectivity index (χ0) is 39.3. The van der Waals surface area contributed by atoms with Crippen molar-refractivity contribution in [2.45, 2.75) is 0 Å². The third-order valence-electron chi connectivity index (χ3n) is 12.6. The molecule has 0 radical (unpaired) electrons. The van der Waals surface area contributed by atoms with Gasteiger partial charge < -0.3 is 0 Å². The van der Waals surface area contributed by atoms with Crippen molar-refractivity contribution in [1.29, 1.82) is 0 Å². The summed E-state index contributed by atoms with van der Waals surface area (Å²) in [6.45, 7) is 0. The molecule has 0 atom stereocenters. The van der Waals surface area contributed by atoms with Gasteiger partial charge in [-0.1, -0.05) is 182 Å². The zero-order valence-corrected chi connectivity index (χ0v) is 32.4. The minimum atomic E-state index is 0.640. The van der Waals surface area contributed by atoms with Gasteiger partial charge in [0.1, 0.15) is 0 Å². The van der Waals surface area contributed by atoms with Crippen molar-refractivity contribution in [3.05, 3.63) is 200 Å². The molecule has 1 heterocycles. The van der Waals surface area contributed by atoms with Crippen LogP contribution in [0.2, 0.25) is 0 Å². The first-order chi connectivity index (χ1) is 29.7. The number of fused-ring (bicyclic) bond motifs is 18. The fourth-order valence-corrected chi connectivity index (χ4v) is 9.90. The van der Waals surface area contributed by atoms with Crippen LogP contribution in [-0.4, -0.2) is 15.0 Å². The first kappa shape index (κ1) is 33.0. The molecule has 60 heavy (non-hydrogen) atoms. The van der Waals surface area contributed by atoms with Gasteiger partial charge in [0.2, 0.25) is 0 Å². The second-order valence-corrected chi connectivity index (χ2v) is 15.9. The molecule has 12 aromatic carbocycles. The third kappa shape index (κ3) is 4.87. The molecule has 0 aliphatic carbocycles. The SMILES string of the molecule is c1ccc2c(c1)c1ccccc1c1cc(-c3nc(-c4ccc5c6ccccc6c6ccccc6c5c4)nc(-c4ccc5c6ccccc6c6ccccc6c5c4)n3)ccc21. The molecule has 0 saturated carbocycles. The van der Waals surface area contributed by atoms with Gasteiger partial charge >= 0.3 is 0 Å². The Labute approximate surface area is 344 Å². The Morgan fingerprint density at radius 3 is 0.533 bits per heavy atom. The van der Waals surface area contributed by atoms with Gasteiger partial charge in [0.05, 0.1) is 0 Å². The second-order valence-electron chi connectivity index (χ2n) is 15.9. The summed E-state index contributed by atoms with van der Waals surface area (Å²) in [6, 6.07) is 72.2. The topological polar surface area (TPSA) is 38.7 Å². The summed E-state index contributed by atoms with van der Waals surface area (Å²) < 4.78 is 0. The number of hydrogen-bond acceptors (Lipinski definition) is 3. The Bertz CT molecular complexity index is 3430. The highest BCUT2D eigenvalue weighted by atomic mass is 15.0. The number of nitrogens with zero attached hydrogens (tertiary/aromatic N) is 3. The highest BCUT2D eigenvalue weighted by Gasteiger charge is 2.18. The van der Waals surface area contributed by atoms with Crippen molar-refractivity contribution in [3.8, 4) is 34.2 Å². The molecule has 1 aromatic heterocycles. The van der Waals surface area contributed by atoms with Crippen LogP contribution in [0.4, 0.5) is 0 Å². The summed E-state index contributed by atoms with van der Waals surface area (Å²) >= 11 is 0. The van der Waals surface area contributed by atoms with Crippen molar-refractivity contribution >= 4 is 97.0 Å². The molecule has 0 fully saturated rings. The van der Waals surface area contributed by atoms with E-state index in [9.17, 15) is 0 Å². The molecular weight excluding hydrogens is 727 g/mol. The van der Waals surface area contributed by atoms with Crippen molar-refractivity contribution in [3.63, 3.8) is 0 Å². The molecule has 13 rings (SSSR count). The summed E-state index contributed by atoms with van der Waals surface area (Å²) in [5.74, 6) is 1.92. The van der Waals surface area contributed by atoms with Crippen LogP contribution < -0.4 is 0 Å². The summed E-state index contributed by atoms with van der Waals surface area (Å²) in [4.78, 5) is 16.0. The van der Waals surface area contributed by atoms with E-state index in [-0.39, 0.29) is 0 Å². The number of aromatic nitrogens is 3. The van der Waals surface area contributed by atoms with E-state index >= 15 is 0 Å². The molecule has 276 valence electrons. The van der Waals surface area contributed by atoms with E-state index < -0.39 is 0 Å². The van der Waals surface area contributed by atoms with Crippen LogP contribution in [0.5, 0.6) is 0 Å². The quantitative estimate of drug-likeness (QED) is 0.168. The average Bonchev–Trinajstić information content (AvgIpc) is 3.33. The lowest BCUT2D eigenvalue weighted by molar-refractivity contribution is 1.08. The summed E-state index contributed by atoms with van der Waals surface area (Å²) in [5, 5.41) is 22.0. The van der Waals surface area contributed by atoms with Gasteiger partial charge in [0.25, 0.3) is 0 Å². The minimum Gasteiger partial charge on any atom is -0.208 e. The lowest BCUT2D eigenvalue weighted by atomic mass is 9.93. The van der Waals surface area contributed by atoms with Gasteiger partial charge in [-0.05, 0) is 115 Å². The maximum atomic E-state index is 5.33. The first-order valence-electron chi connectivity index (χ1n) is 20.5. The van der Waals surface area contributed by atoms with Crippen molar-refractivity contribution in [1.82, 2.24) is 15.0 Å². The lowest BCUT2D eigenvalue weighted by Crippen LogP contribution is -2.00. The van der Waals surface area contributed by atoms with E-state index in [0.717, 1.165) is 16.7 Å². The molecule has 3 nitrogen and oxygen atoms in total. The van der Waals surface area contributed by atoms with Gasteiger partial charge in [-0.3, -0.25) is 0 Å². The number of benzene rings is 12. The third-order valence-corrected chi connectivity index (χ3v) is 12.6. The van der Waals surface area contributed by atoms with Crippen molar-refractivity contribution < 1.29 is 0 Å². The Hall–Kier alpha value is -8.01. The fourth-order valence-electron chi connectivity index (χ4n) is 9.90. The van der Waals surface area contributed by atoms with Crippen LogP contribution in [0.25, 0.3) is 131 Å². The van der Waals surface area contributed by atoms with Gasteiger partial charge in [-0.25, -0.2) is 15.0 Å². The smallest absolute Gasteiger partial charge is 0.164 e. The van der Waals surface area contributed by atoms with Crippen molar-refractivity contribution in [2.75, 3.05) is 0 Å². The summed E-state index contributed by atoms with van der Waals surface area (Å²) in [5.41, 5.74) is 2.84. The number of hydrogen-bond donors (Lipinski definition) is 0. The number of rotatable bonds is 3. The molecule has 0 amide bonds. The van der Waals surface area contributed by atoms with Crippen LogP contribution in [0, 0.1) is 0 Å². The van der Waals surface area contributed by atoms with E-state index in [1.807, 2.05) is 0 Å². The normalized spacial score (nSPS) is 12.0. The Kier molecular flexibility index (Phi) is 7.01. The monoisotopic (exact) mass is 759 g/mol. The first-order valence-corrected chi connectivity index (χ1v) is 20.5. The van der Waals surface area contributed by atoms with E-state index in [1.165, 1.54) is 97.0 Å². The highest BCUT2D eigenvalue weighted by molar-refractivity contribution is 6.28. The van der Waals surface area contributed by atoms with Crippen LogP contribution in [0.3, 0.4) is 0 Å². The predicted octanol–water partition coefficient (Wildman–Crippen LogP) is 15.3. The second kappa shape index (κ2) is 12.7. The standard InChI is InChI=1S/C57H33N3/c1-4-19-43-37(13-1)40-16-7-10-22-46(40)52-31-34(25-28-49(43)52)55-58-56(35-26-29-50-44-20-5-2-14-38(44)41-17-8-11-23-47(41)53(50)32-35)60-57(59-55)36-27-30-51-45-21-6-3-15-39(45)42-18-9-12-24-48(42)54(51)33-36/h1-33H. The van der Waals surface area contributed by atoms with E-state index in [2.05, 4.69) is 200 Å². The summed E-state index contributed by atoms with van der Waals surface area (Å²) in [6.07, 6.45) is 0. The molecule has 0 N–H and O–H groups in total. The Morgan fingerprint density at radius 1 is 0.167 bits per heavy atom. The molecule has 13 aromatic rings. The largest absolute Gasteiger partial charge is 0.208 e. The van der Waals surface area contributed by atoms with Gasteiger partial charge in [0, 0.05) is 16.7 Å². The molecule has 0 spiro atoms. The maximum absolute atomic E-state index is 5.33. The molecule has 0 aliphatic rings. The molecule has 0 unspecified atom stereocenters.